The summed E-state index contributed by atoms with van der Waals surface area (Å²) in [5, 5.41) is 16.0. The molecular weight excluding hydrogens is 394 g/mol. The maximum absolute atomic E-state index is 12.5. The first kappa shape index (κ1) is 20.0. The van der Waals surface area contributed by atoms with Gasteiger partial charge in [-0.25, -0.2) is 0 Å². The van der Waals surface area contributed by atoms with Crippen molar-refractivity contribution in [3.05, 3.63) is 105 Å². The Bertz CT molecular complexity index is 1000. The molecule has 0 radical (unpaired) electrons. The van der Waals surface area contributed by atoms with Gasteiger partial charge in [-0.15, -0.1) is 0 Å². The number of carbonyl (C=O) groups excluding carboxylic acids is 2. The van der Waals surface area contributed by atoms with Gasteiger partial charge in [0, 0.05) is 12.1 Å². The molecule has 3 aromatic rings. The molecule has 2 amide bonds. The van der Waals surface area contributed by atoms with Gasteiger partial charge < -0.3 is 10.6 Å². The summed E-state index contributed by atoms with van der Waals surface area (Å²) in [7, 11) is 0. The molecule has 0 saturated heterocycles. The monoisotopic (exact) mass is 409 g/mol. The van der Waals surface area contributed by atoms with E-state index in [9.17, 15) is 19.7 Å². The zero-order valence-corrected chi connectivity index (χ0v) is 15.8. The van der Waals surface area contributed by atoms with Crippen LogP contribution in [0.4, 0.5) is 11.4 Å². The Morgan fingerprint density at radius 3 is 1.93 bits per heavy atom. The van der Waals surface area contributed by atoms with E-state index < -0.39 is 22.8 Å². The smallest absolute Gasteiger partial charge is 0.313 e. The highest BCUT2D eigenvalue weighted by Gasteiger charge is 2.22. The van der Waals surface area contributed by atoms with E-state index in [-0.39, 0.29) is 16.4 Å². The zero-order valence-electron chi connectivity index (χ0n) is 15.0. The van der Waals surface area contributed by atoms with E-state index in [2.05, 4.69) is 10.6 Å². The third kappa shape index (κ3) is 4.97. The van der Waals surface area contributed by atoms with Gasteiger partial charge in [-0.05, 0) is 17.2 Å². The summed E-state index contributed by atoms with van der Waals surface area (Å²) in [5.41, 5.74) is 1.33. The molecule has 0 bridgehead atoms. The van der Waals surface area contributed by atoms with E-state index in [1.807, 2.05) is 60.7 Å². The molecule has 0 heterocycles. The van der Waals surface area contributed by atoms with Gasteiger partial charge >= 0.3 is 11.8 Å². The first-order chi connectivity index (χ1) is 14.0. The van der Waals surface area contributed by atoms with Crippen LogP contribution >= 0.6 is 11.6 Å². The number of benzene rings is 3. The van der Waals surface area contributed by atoms with Crippen molar-refractivity contribution in [2.45, 2.75) is 6.04 Å². The highest BCUT2D eigenvalue weighted by atomic mass is 35.5. The van der Waals surface area contributed by atoms with Crippen molar-refractivity contribution in [3.8, 4) is 0 Å². The molecular formula is C21H16ClN3O4. The molecule has 7 nitrogen and oxygen atoms in total. The molecule has 2 N–H and O–H groups in total. The van der Waals surface area contributed by atoms with Gasteiger partial charge in [-0.3, -0.25) is 19.7 Å². The SMILES string of the molecule is O=C(Nc1cc([N+](=O)[O-])ccc1Cl)C(=O)NC(c1ccccc1)c1ccccc1. The van der Waals surface area contributed by atoms with Crippen molar-refractivity contribution in [2.75, 3.05) is 5.32 Å². The fourth-order valence-electron chi connectivity index (χ4n) is 2.75. The minimum absolute atomic E-state index is 0.0167. The number of hydrogen-bond acceptors (Lipinski definition) is 4. The van der Waals surface area contributed by atoms with Gasteiger partial charge in [0.2, 0.25) is 0 Å². The molecule has 0 spiro atoms. The lowest BCUT2D eigenvalue weighted by molar-refractivity contribution is -0.384. The maximum atomic E-state index is 12.5. The summed E-state index contributed by atoms with van der Waals surface area (Å²) >= 11 is 5.98. The fourth-order valence-corrected chi connectivity index (χ4v) is 2.91. The largest absolute Gasteiger partial charge is 0.337 e. The molecule has 29 heavy (non-hydrogen) atoms. The van der Waals surface area contributed by atoms with Crippen molar-refractivity contribution in [2.24, 2.45) is 0 Å². The van der Waals surface area contributed by atoms with Crippen molar-refractivity contribution in [3.63, 3.8) is 0 Å². The quantitative estimate of drug-likeness (QED) is 0.376. The molecule has 0 aliphatic carbocycles. The first-order valence-electron chi connectivity index (χ1n) is 8.61. The van der Waals surface area contributed by atoms with Crippen LogP contribution in [0, 0.1) is 10.1 Å². The number of non-ortho nitro benzene ring substituents is 1. The van der Waals surface area contributed by atoms with Crippen molar-refractivity contribution in [1.29, 1.82) is 0 Å². The summed E-state index contributed by atoms with van der Waals surface area (Å²) in [6.45, 7) is 0. The van der Waals surface area contributed by atoms with Crippen LogP contribution in [-0.2, 0) is 9.59 Å². The second-order valence-corrected chi connectivity index (χ2v) is 6.51. The van der Waals surface area contributed by atoms with Gasteiger partial charge in [0.25, 0.3) is 5.69 Å². The average molecular weight is 410 g/mol. The molecule has 0 aromatic heterocycles. The Morgan fingerprint density at radius 1 is 0.862 bits per heavy atom. The molecule has 3 rings (SSSR count). The lowest BCUT2D eigenvalue weighted by Gasteiger charge is -2.19. The maximum Gasteiger partial charge on any atom is 0.313 e. The highest BCUT2D eigenvalue weighted by molar-refractivity contribution is 6.41. The minimum atomic E-state index is -0.982. The summed E-state index contributed by atoms with van der Waals surface area (Å²) in [4.78, 5) is 35.2. The predicted octanol–water partition coefficient (Wildman–Crippen LogP) is 4.09. The lowest BCUT2D eigenvalue weighted by atomic mass is 9.99. The van der Waals surface area contributed by atoms with E-state index >= 15 is 0 Å². The van der Waals surface area contributed by atoms with Crippen LogP contribution in [0.1, 0.15) is 17.2 Å². The van der Waals surface area contributed by atoms with E-state index in [4.69, 9.17) is 11.6 Å². The topological polar surface area (TPSA) is 101 Å². The minimum Gasteiger partial charge on any atom is -0.337 e. The summed E-state index contributed by atoms with van der Waals surface area (Å²) in [5.74, 6) is -1.88. The number of nitrogens with zero attached hydrogens (tertiary/aromatic N) is 1. The van der Waals surface area contributed by atoms with Crippen LogP contribution < -0.4 is 10.6 Å². The number of hydrogen-bond donors (Lipinski definition) is 2. The molecule has 0 fully saturated rings. The average Bonchev–Trinajstić information content (AvgIpc) is 2.74. The van der Waals surface area contributed by atoms with Crippen LogP contribution in [0.5, 0.6) is 0 Å². The van der Waals surface area contributed by atoms with Crippen molar-refractivity contribution >= 4 is 34.8 Å². The predicted molar refractivity (Wildman–Crippen MR) is 110 cm³/mol. The molecule has 0 saturated carbocycles. The Kier molecular flexibility index (Phi) is 6.21. The number of nitro groups is 1. The van der Waals surface area contributed by atoms with Crippen molar-refractivity contribution in [1.82, 2.24) is 5.32 Å². The molecule has 0 aliphatic heterocycles. The van der Waals surface area contributed by atoms with E-state index in [1.54, 1.807) is 0 Å². The third-order valence-electron chi connectivity index (χ3n) is 4.16. The van der Waals surface area contributed by atoms with Gasteiger partial charge in [0.05, 0.1) is 21.7 Å². The first-order valence-corrected chi connectivity index (χ1v) is 8.99. The molecule has 3 aromatic carbocycles. The van der Waals surface area contributed by atoms with Gasteiger partial charge in [-0.1, -0.05) is 72.3 Å². The highest BCUT2D eigenvalue weighted by Crippen LogP contribution is 2.27. The molecule has 8 heteroatoms. The van der Waals surface area contributed by atoms with Gasteiger partial charge in [0.1, 0.15) is 0 Å². The molecule has 0 atom stereocenters. The molecule has 0 unspecified atom stereocenters. The number of nitro benzene ring substituents is 1. The van der Waals surface area contributed by atoms with E-state index in [0.29, 0.717) is 0 Å². The van der Waals surface area contributed by atoms with E-state index in [0.717, 1.165) is 17.2 Å². The number of amides is 2. The Hall–Kier alpha value is -3.71. The second kappa shape index (κ2) is 8.99. The van der Waals surface area contributed by atoms with Crippen LogP contribution in [0.15, 0.2) is 78.9 Å². The summed E-state index contributed by atoms with van der Waals surface area (Å²) < 4.78 is 0. The summed E-state index contributed by atoms with van der Waals surface area (Å²) in [6, 6.07) is 21.4. The van der Waals surface area contributed by atoms with Crippen molar-refractivity contribution < 1.29 is 14.5 Å². The number of nitrogens with one attached hydrogen (secondary N) is 2. The Labute approximate surface area is 171 Å². The lowest BCUT2D eigenvalue weighted by Crippen LogP contribution is -2.38. The number of rotatable bonds is 5. The van der Waals surface area contributed by atoms with Crippen LogP contribution in [0.2, 0.25) is 5.02 Å². The normalized spacial score (nSPS) is 10.4. The molecule has 146 valence electrons. The molecule has 0 aliphatic rings. The van der Waals surface area contributed by atoms with Crippen LogP contribution in [0.25, 0.3) is 0 Å². The summed E-state index contributed by atoms with van der Waals surface area (Å²) in [6.07, 6.45) is 0. The van der Waals surface area contributed by atoms with Crippen LogP contribution in [-0.4, -0.2) is 16.7 Å². The van der Waals surface area contributed by atoms with Gasteiger partial charge in [-0.2, -0.15) is 0 Å². The number of carbonyl (C=O) groups is 2. The number of halogens is 1. The standard InChI is InChI=1S/C21H16ClN3O4/c22-17-12-11-16(25(28)29)13-18(17)23-20(26)21(27)24-19(14-7-3-1-4-8-14)15-9-5-2-6-10-15/h1-13,19H,(H,23,26)(H,24,27). The van der Waals surface area contributed by atoms with Gasteiger partial charge in [0.15, 0.2) is 0 Å². The van der Waals surface area contributed by atoms with Crippen LogP contribution in [0.3, 0.4) is 0 Å². The zero-order chi connectivity index (χ0) is 20.8. The number of anilines is 1. The second-order valence-electron chi connectivity index (χ2n) is 6.10. The Balaban J connectivity index is 1.81. The Morgan fingerprint density at radius 2 is 1.41 bits per heavy atom. The fraction of sp³-hybridized carbons (Fsp3) is 0.0476. The van der Waals surface area contributed by atoms with E-state index in [1.165, 1.54) is 12.1 Å². The third-order valence-corrected chi connectivity index (χ3v) is 4.49.